The summed E-state index contributed by atoms with van der Waals surface area (Å²) in [6.45, 7) is 4.04. The number of furan rings is 1. The van der Waals surface area contributed by atoms with E-state index < -0.39 is 0 Å². The van der Waals surface area contributed by atoms with Crippen LogP contribution < -0.4 is 0 Å². The average Bonchev–Trinajstić information content (AvgIpc) is 2.76. The van der Waals surface area contributed by atoms with E-state index in [1.54, 1.807) is 0 Å². The van der Waals surface area contributed by atoms with Crippen molar-refractivity contribution in [3.8, 4) is 0 Å². The van der Waals surface area contributed by atoms with Crippen molar-refractivity contribution in [1.82, 2.24) is 0 Å². The number of alkyl halides is 1. The summed E-state index contributed by atoms with van der Waals surface area (Å²) in [7, 11) is 0. The van der Waals surface area contributed by atoms with Crippen LogP contribution in [0, 0.1) is 13.8 Å². The Morgan fingerprint density at radius 1 is 1.05 bits per heavy atom. The van der Waals surface area contributed by atoms with Gasteiger partial charge in [0.1, 0.15) is 11.5 Å². The van der Waals surface area contributed by atoms with Gasteiger partial charge in [-0.1, -0.05) is 34.1 Å². The quantitative estimate of drug-likeness (QED) is 0.688. The second-order valence-corrected chi connectivity index (χ2v) is 6.38. The Bertz CT molecular complexity index is 597. The molecule has 1 aromatic heterocycles. The van der Waals surface area contributed by atoms with Crippen molar-refractivity contribution in [1.29, 1.82) is 0 Å². The molecule has 1 aromatic carbocycles. The summed E-state index contributed by atoms with van der Waals surface area (Å²) >= 11 is 3.83. The molecule has 2 heteroatoms. The SMILES string of the molecule is Cc1cc(C(Br)c2ccc3c(c2)CCCC3)c(C)o1. The van der Waals surface area contributed by atoms with Crippen molar-refractivity contribution in [3.63, 3.8) is 0 Å². The molecule has 1 unspecified atom stereocenters. The van der Waals surface area contributed by atoms with E-state index in [0.29, 0.717) is 0 Å². The Morgan fingerprint density at radius 2 is 1.79 bits per heavy atom. The largest absolute Gasteiger partial charge is 0.466 e. The van der Waals surface area contributed by atoms with Crippen molar-refractivity contribution < 1.29 is 4.42 Å². The lowest BCUT2D eigenvalue weighted by molar-refractivity contribution is 0.502. The van der Waals surface area contributed by atoms with E-state index in [2.05, 4.69) is 40.2 Å². The van der Waals surface area contributed by atoms with E-state index in [0.717, 1.165) is 11.5 Å². The molecule has 2 aromatic rings. The van der Waals surface area contributed by atoms with Gasteiger partial charge >= 0.3 is 0 Å². The summed E-state index contributed by atoms with van der Waals surface area (Å²) in [5.74, 6) is 1.99. The Balaban J connectivity index is 1.95. The number of fused-ring (bicyclic) bond motifs is 1. The van der Waals surface area contributed by atoms with Crippen molar-refractivity contribution in [2.24, 2.45) is 0 Å². The summed E-state index contributed by atoms with van der Waals surface area (Å²) in [6, 6.07) is 9.07. The molecule has 1 aliphatic carbocycles. The highest BCUT2D eigenvalue weighted by Crippen LogP contribution is 2.36. The van der Waals surface area contributed by atoms with Gasteiger partial charge < -0.3 is 4.42 Å². The molecule has 100 valence electrons. The first-order valence-electron chi connectivity index (χ1n) is 6.98. The molecule has 1 atom stereocenters. The van der Waals surface area contributed by atoms with Crippen LogP contribution in [0.2, 0.25) is 0 Å². The third kappa shape index (κ3) is 2.51. The maximum atomic E-state index is 5.64. The lowest BCUT2D eigenvalue weighted by atomic mass is 9.89. The molecule has 0 radical (unpaired) electrons. The van der Waals surface area contributed by atoms with Crippen LogP contribution in [0.5, 0.6) is 0 Å². The standard InChI is InChI=1S/C17H19BrO/c1-11-9-16(12(2)19-11)17(18)15-8-7-13-5-3-4-6-14(13)10-15/h7-10,17H,3-6H2,1-2H3. The van der Waals surface area contributed by atoms with Crippen molar-refractivity contribution in [3.05, 3.63) is 58.0 Å². The van der Waals surface area contributed by atoms with E-state index in [-0.39, 0.29) is 4.83 Å². The van der Waals surface area contributed by atoms with E-state index >= 15 is 0 Å². The Kier molecular flexibility index (Phi) is 3.53. The summed E-state index contributed by atoms with van der Waals surface area (Å²) in [6.07, 6.45) is 5.13. The maximum Gasteiger partial charge on any atom is 0.105 e. The highest BCUT2D eigenvalue weighted by molar-refractivity contribution is 9.09. The van der Waals surface area contributed by atoms with Gasteiger partial charge in [0.15, 0.2) is 0 Å². The lowest BCUT2D eigenvalue weighted by Gasteiger charge is -2.18. The van der Waals surface area contributed by atoms with Gasteiger partial charge in [-0.3, -0.25) is 0 Å². The monoisotopic (exact) mass is 318 g/mol. The highest BCUT2D eigenvalue weighted by atomic mass is 79.9. The molecule has 0 fully saturated rings. The van der Waals surface area contributed by atoms with Crippen LogP contribution in [-0.4, -0.2) is 0 Å². The molecule has 0 bridgehead atoms. The first-order chi connectivity index (χ1) is 9.15. The molecule has 1 nitrogen and oxygen atoms in total. The molecule has 0 amide bonds. The Labute approximate surface area is 123 Å². The van der Waals surface area contributed by atoms with Gasteiger partial charge in [0, 0.05) is 5.56 Å². The van der Waals surface area contributed by atoms with Gasteiger partial charge in [0.25, 0.3) is 0 Å². The zero-order valence-electron chi connectivity index (χ0n) is 11.5. The van der Waals surface area contributed by atoms with Crippen LogP contribution in [0.4, 0.5) is 0 Å². The first kappa shape index (κ1) is 13.0. The highest BCUT2D eigenvalue weighted by Gasteiger charge is 2.18. The van der Waals surface area contributed by atoms with Crippen molar-refractivity contribution in [2.75, 3.05) is 0 Å². The normalized spacial score (nSPS) is 16.2. The summed E-state index contributed by atoms with van der Waals surface area (Å²) in [5.41, 5.74) is 5.65. The minimum absolute atomic E-state index is 0.233. The predicted octanol–water partition coefficient (Wildman–Crippen LogP) is 5.26. The summed E-state index contributed by atoms with van der Waals surface area (Å²) in [4.78, 5) is 0.233. The average molecular weight is 319 g/mol. The van der Waals surface area contributed by atoms with Crippen LogP contribution >= 0.6 is 15.9 Å². The molecule has 0 spiro atoms. The summed E-state index contributed by atoms with van der Waals surface area (Å²) in [5, 5.41) is 0. The number of halogens is 1. The Hall–Kier alpha value is -1.02. The fraction of sp³-hybridized carbons (Fsp3) is 0.412. The number of hydrogen-bond donors (Lipinski definition) is 0. The van der Waals surface area contributed by atoms with Gasteiger partial charge in [0.2, 0.25) is 0 Å². The predicted molar refractivity (Wildman–Crippen MR) is 82.0 cm³/mol. The second kappa shape index (κ2) is 5.16. The molecule has 1 heterocycles. The van der Waals surface area contributed by atoms with E-state index in [4.69, 9.17) is 4.42 Å². The minimum atomic E-state index is 0.233. The molecule has 0 N–H and O–H groups in total. The van der Waals surface area contributed by atoms with Gasteiger partial charge in [-0.05, 0) is 62.3 Å². The second-order valence-electron chi connectivity index (χ2n) is 5.47. The molecule has 0 saturated heterocycles. The number of rotatable bonds is 2. The van der Waals surface area contributed by atoms with Gasteiger partial charge in [0.05, 0.1) is 4.83 Å². The smallest absolute Gasteiger partial charge is 0.105 e. The topological polar surface area (TPSA) is 13.1 Å². The lowest BCUT2D eigenvalue weighted by Crippen LogP contribution is -2.04. The van der Waals surface area contributed by atoms with E-state index in [9.17, 15) is 0 Å². The third-order valence-electron chi connectivity index (χ3n) is 4.02. The minimum Gasteiger partial charge on any atom is -0.466 e. The number of benzene rings is 1. The van der Waals surface area contributed by atoms with Crippen LogP contribution in [0.1, 0.15) is 51.4 Å². The Morgan fingerprint density at radius 3 is 2.47 bits per heavy atom. The van der Waals surface area contributed by atoms with E-state index in [1.165, 1.54) is 47.9 Å². The third-order valence-corrected chi connectivity index (χ3v) is 5.04. The van der Waals surface area contributed by atoms with Crippen molar-refractivity contribution in [2.45, 2.75) is 44.4 Å². The maximum absolute atomic E-state index is 5.64. The fourth-order valence-electron chi connectivity index (χ4n) is 2.99. The molecule has 1 aliphatic rings. The first-order valence-corrected chi connectivity index (χ1v) is 7.89. The van der Waals surface area contributed by atoms with Gasteiger partial charge in [-0.25, -0.2) is 0 Å². The summed E-state index contributed by atoms with van der Waals surface area (Å²) < 4.78 is 5.64. The molecule has 3 rings (SSSR count). The zero-order valence-corrected chi connectivity index (χ0v) is 13.1. The number of aryl methyl sites for hydroxylation is 4. The van der Waals surface area contributed by atoms with Crippen LogP contribution in [0.25, 0.3) is 0 Å². The molecular weight excluding hydrogens is 300 g/mol. The van der Waals surface area contributed by atoms with Gasteiger partial charge in [-0.2, -0.15) is 0 Å². The molecule has 19 heavy (non-hydrogen) atoms. The molecular formula is C17H19BrO. The molecule has 0 saturated carbocycles. The fourth-order valence-corrected chi connectivity index (χ4v) is 3.73. The van der Waals surface area contributed by atoms with Crippen LogP contribution in [0.15, 0.2) is 28.7 Å². The van der Waals surface area contributed by atoms with Crippen LogP contribution in [0.3, 0.4) is 0 Å². The molecule has 0 aliphatic heterocycles. The van der Waals surface area contributed by atoms with Crippen LogP contribution in [-0.2, 0) is 12.8 Å². The zero-order chi connectivity index (χ0) is 13.4. The van der Waals surface area contributed by atoms with Gasteiger partial charge in [-0.15, -0.1) is 0 Å². The van der Waals surface area contributed by atoms with E-state index in [1.807, 2.05) is 13.8 Å². The number of hydrogen-bond acceptors (Lipinski definition) is 1. The van der Waals surface area contributed by atoms with Crippen molar-refractivity contribution >= 4 is 15.9 Å².